The zero-order valence-electron chi connectivity index (χ0n) is 21.9. The van der Waals surface area contributed by atoms with Crippen LogP contribution in [0.4, 0.5) is 5.69 Å². The Hall–Kier alpha value is -3.77. The van der Waals surface area contributed by atoms with Gasteiger partial charge >= 0.3 is 17.9 Å². The van der Waals surface area contributed by atoms with Crippen molar-refractivity contribution in [2.75, 3.05) is 31.1 Å². The van der Waals surface area contributed by atoms with E-state index in [0.717, 1.165) is 26.1 Å². The summed E-state index contributed by atoms with van der Waals surface area (Å²) in [7, 11) is 0. The number of carbonyl (C=O) groups is 5. The van der Waals surface area contributed by atoms with Crippen molar-refractivity contribution >= 4 is 35.4 Å². The number of fused-ring (bicyclic) bond motifs is 5. The van der Waals surface area contributed by atoms with Gasteiger partial charge in [0.25, 0.3) is 0 Å². The van der Waals surface area contributed by atoms with Crippen molar-refractivity contribution in [3.63, 3.8) is 0 Å². The molecule has 2 aliphatic carbocycles. The molecule has 39 heavy (non-hydrogen) atoms. The number of hydrogen-bond donors (Lipinski definition) is 4. The molecule has 212 valence electrons. The predicted octanol–water partition coefficient (Wildman–Crippen LogP) is 1.47. The molecule has 3 aliphatic rings. The van der Waals surface area contributed by atoms with Crippen LogP contribution in [0.1, 0.15) is 33.1 Å². The first-order valence-electron chi connectivity index (χ1n) is 12.8. The number of rotatable bonds is 12. The molecule has 4 atom stereocenters. The van der Waals surface area contributed by atoms with Gasteiger partial charge in [0.15, 0.2) is 5.60 Å². The van der Waals surface area contributed by atoms with Gasteiger partial charge < -0.3 is 30.1 Å². The molecule has 4 unspecified atom stereocenters. The topological polar surface area (TPSA) is 182 Å². The predicted molar refractivity (Wildman–Crippen MR) is 137 cm³/mol. The Labute approximate surface area is 225 Å². The number of benzene rings is 1. The number of ether oxygens (including phenoxy) is 1. The second-order valence-electron chi connectivity index (χ2n) is 9.86. The molecule has 0 aromatic heterocycles. The molecule has 2 amide bonds. The minimum absolute atomic E-state index is 0.0443. The van der Waals surface area contributed by atoms with Crippen LogP contribution in [0.15, 0.2) is 36.4 Å². The SMILES string of the molecule is CCN(CC)CCOc1cccc(N2C(=O)C3C4C=CC(C4)C3C2=O)c1.O=C(O)CC(O)(CC(=O)O)C(=O)O. The quantitative estimate of drug-likeness (QED) is 0.220. The molecule has 1 saturated carbocycles. The summed E-state index contributed by atoms with van der Waals surface area (Å²) in [5.74, 6) is -4.26. The molecule has 0 radical (unpaired) electrons. The van der Waals surface area contributed by atoms with Gasteiger partial charge in [-0.3, -0.25) is 19.2 Å². The van der Waals surface area contributed by atoms with Gasteiger partial charge in [0.1, 0.15) is 12.4 Å². The van der Waals surface area contributed by atoms with Crippen LogP contribution in [0.2, 0.25) is 0 Å². The van der Waals surface area contributed by atoms with Crippen molar-refractivity contribution in [1.29, 1.82) is 0 Å². The number of anilines is 1. The maximum Gasteiger partial charge on any atom is 0.336 e. The van der Waals surface area contributed by atoms with Gasteiger partial charge in [0.2, 0.25) is 11.8 Å². The van der Waals surface area contributed by atoms with Crippen LogP contribution in [0, 0.1) is 23.7 Å². The van der Waals surface area contributed by atoms with Gasteiger partial charge in [-0.1, -0.05) is 32.1 Å². The first-order valence-corrected chi connectivity index (χ1v) is 12.8. The van der Waals surface area contributed by atoms with Crippen molar-refractivity contribution in [3.05, 3.63) is 36.4 Å². The minimum atomic E-state index is -2.74. The van der Waals surface area contributed by atoms with Crippen molar-refractivity contribution in [2.24, 2.45) is 23.7 Å². The largest absolute Gasteiger partial charge is 0.492 e. The van der Waals surface area contributed by atoms with Gasteiger partial charge in [-0.25, -0.2) is 9.69 Å². The second-order valence-corrected chi connectivity index (χ2v) is 9.86. The lowest BCUT2D eigenvalue weighted by atomic mass is 9.85. The van der Waals surface area contributed by atoms with E-state index in [1.54, 1.807) is 0 Å². The van der Waals surface area contributed by atoms with Crippen LogP contribution in [0.5, 0.6) is 5.75 Å². The number of allylic oxidation sites excluding steroid dienone is 2. The summed E-state index contributed by atoms with van der Waals surface area (Å²) >= 11 is 0. The van der Waals surface area contributed by atoms with Crippen LogP contribution < -0.4 is 9.64 Å². The van der Waals surface area contributed by atoms with E-state index in [2.05, 4.69) is 30.9 Å². The molecule has 1 aliphatic heterocycles. The van der Waals surface area contributed by atoms with E-state index < -0.39 is 36.4 Å². The van der Waals surface area contributed by atoms with Gasteiger partial charge in [-0.2, -0.15) is 0 Å². The smallest absolute Gasteiger partial charge is 0.336 e. The molecule has 0 spiro atoms. The third-order valence-electron chi connectivity index (χ3n) is 7.40. The molecular formula is C27H34N2O10. The monoisotopic (exact) mass is 546 g/mol. The minimum Gasteiger partial charge on any atom is -0.492 e. The van der Waals surface area contributed by atoms with Crippen LogP contribution >= 0.6 is 0 Å². The number of imide groups is 1. The lowest BCUT2D eigenvalue weighted by Gasteiger charge is -2.20. The van der Waals surface area contributed by atoms with Crippen LogP contribution in [-0.4, -0.2) is 86.9 Å². The fraction of sp³-hybridized carbons (Fsp3) is 0.519. The summed E-state index contributed by atoms with van der Waals surface area (Å²) in [6, 6.07) is 7.37. The molecule has 4 rings (SSSR count). The fourth-order valence-corrected chi connectivity index (χ4v) is 5.42. The number of carboxylic acid groups (broad SMARTS) is 3. The highest BCUT2D eigenvalue weighted by Gasteiger charge is 2.59. The van der Waals surface area contributed by atoms with Gasteiger partial charge in [-0.15, -0.1) is 0 Å². The number of aliphatic hydroxyl groups is 1. The van der Waals surface area contributed by atoms with E-state index in [1.165, 1.54) is 4.90 Å². The van der Waals surface area contributed by atoms with E-state index in [9.17, 15) is 24.0 Å². The maximum atomic E-state index is 12.9. The summed E-state index contributed by atoms with van der Waals surface area (Å²) in [5, 5.41) is 33.8. The molecular weight excluding hydrogens is 512 g/mol. The number of amides is 2. The Morgan fingerprint density at radius 3 is 1.97 bits per heavy atom. The zero-order valence-corrected chi connectivity index (χ0v) is 21.9. The standard InChI is InChI=1S/C21H26N2O3.C6H8O7/c1-3-22(4-2)10-11-26-17-7-5-6-16(13-17)23-20(24)18-14-8-9-15(12-14)19(18)21(23)25;7-3(8)1-6(13,5(11)12)2-4(9)10/h5-9,13-15,18-19H,3-4,10-12H2,1-2H3;13H,1-2H2,(H,7,8)(H,9,10)(H,11,12). The van der Waals surface area contributed by atoms with Crippen molar-refractivity contribution in [1.82, 2.24) is 4.90 Å². The Balaban J connectivity index is 0.000000276. The number of nitrogens with zero attached hydrogens (tertiary/aromatic N) is 2. The van der Waals surface area contributed by atoms with E-state index in [1.807, 2.05) is 24.3 Å². The average molecular weight is 547 g/mol. The molecule has 4 N–H and O–H groups in total. The van der Waals surface area contributed by atoms with Crippen LogP contribution in [0.25, 0.3) is 0 Å². The highest BCUT2D eigenvalue weighted by Crippen LogP contribution is 2.53. The zero-order chi connectivity index (χ0) is 28.9. The average Bonchev–Trinajstić information content (AvgIpc) is 3.55. The highest BCUT2D eigenvalue weighted by molar-refractivity contribution is 6.22. The molecule has 12 nitrogen and oxygen atoms in total. The van der Waals surface area contributed by atoms with E-state index in [4.69, 9.17) is 25.2 Å². The Morgan fingerprint density at radius 2 is 1.51 bits per heavy atom. The number of likely N-dealkylation sites (N-methyl/N-ethyl adjacent to an activating group) is 1. The van der Waals surface area contributed by atoms with Crippen molar-refractivity contribution < 1.29 is 49.1 Å². The number of carboxylic acids is 3. The Morgan fingerprint density at radius 1 is 0.974 bits per heavy atom. The first kappa shape index (κ1) is 29.8. The molecule has 12 heteroatoms. The van der Waals surface area contributed by atoms with E-state index >= 15 is 0 Å². The van der Waals surface area contributed by atoms with Gasteiger partial charge in [0, 0.05) is 12.6 Å². The lowest BCUT2D eigenvalue weighted by Crippen LogP contribution is -2.42. The van der Waals surface area contributed by atoms with Crippen molar-refractivity contribution in [3.8, 4) is 5.75 Å². The fourth-order valence-electron chi connectivity index (χ4n) is 5.42. The number of hydrogen-bond acceptors (Lipinski definition) is 8. The summed E-state index contributed by atoms with van der Waals surface area (Å²) in [5.41, 5.74) is -2.10. The van der Waals surface area contributed by atoms with E-state index in [-0.39, 0.29) is 35.5 Å². The molecule has 1 heterocycles. The molecule has 1 aromatic carbocycles. The summed E-state index contributed by atoms with van der Waals surface area (Å²) in [4.78, 5) is 60.0. The summed E-state index contributed by atoms with van der Waals surface area (Å²) < 4.78 is 5.86. The Kier molecular flexibility index (Phi) is 9.46. The number of carbonyl (C=O) groups excluding carboxylic acids is 2. The highest BCUT2D eigenvalue weighted by atomic mass is 16.5. The maximum absolute atomic E-state index is 12.9. The third-order valence-corrected chi connectivity index (χ3v) is 7.40. The Bertz CT molecular complexity index is 1100. The molecule has 2 bridgehead atoms. The van der Waals surface area contributed by atoms with Crippen LogP contribution in [-0.2, 0) is 24.0 Å². The molecule has 1 aromatic rings. The van der Waals surface area contributed by atoms with Crippen LogP contribution in [0.3, 0.4) is 0 Å². The first-order chi connectivity index (χ1) is 18.4. The molecule has 2 fully saturated rings. The second kappa shape index (κ2) is 12.4. The number of aliphatic carboxylic acids is 3. The van der Waals surface area contributed by atoms with E-state index in [0.29, 0.717) is 18.0 Å². The summed E-state index contributed by atoms with van der Waals surface area (Å²) in [6.07, 6.45) is 2.90. The normalized spacial score (nSPS) is 23.0. The third kappa shape index (κ3) is 6.63. The lowest BCUT2D eigenvalue weighted by molar-refractivity contribution is -0.170. The van der Waals surface area contributed by atoms with Crippen molar-refractivity contribution in [2.45, 2.75) is 38.7 Å². The van der Waals surface area contributed by atoms with Gasteiger partial charge in [0.05, 0.1) is 30.4 Å². The summed E-state index contributed by atoms with van der Waals surface area (Å²) in [6.45, 7) is 7.71. The molecule has 1 saturated heterocycles. The van der Waals surface area contributed by atoms with Gasteiger partial charge in [-0.05, 0) is 43.5 Å².